The zero-order valence-electron chi connectivity index (χ0n) is 13.2. The summed E-state index contributed by atoms with van der Waals surface area (Å²) in [4.78, 5) is 40.0. The molecule has 2 fully saturated rings. The van der Waals surface area contributed by atoms with Crippen molar-refractivity contribution in [2.75, 3.05) is 26.7 Å². The molecule has 2 aliphatic rings. The number of likely N-dealkylation sites (N-methyl/N-ethyl adjacent to an activating group) is 1. The molecule has 6 nitrogen and oxygen atoms in total. The predicted octanol–water partition coefficient (Wildman–Crippen LogP) is 1.46. The lowest BCUT2D eigenvalue weighted by molar-refractivity contribution is -0.124. The van der Waals surface area contributed by atoms with E-state index in [0.717, 1.165) is 17.0 Å². The van der Waals surface area contributed by atoms with Crippen LogP contribution in [0, 0.1) is 11.6 Å². The number of halogens is 2. The molecule has 0 bridgehead atoms. The smallest absolute Gasteiger partial charge is 0.327 e. The van der Waals surface area contributed by atoms with Gasteiger partial charge in [-0.3, -0.25) is 14.5 Å². The summed E-state index contributed by atoms with van der Waals surface area (Å²) in [7, 11) is 1.45. The van der Waals surface area contributed by atoms with Gasteiger partial charge in [0.2, 0.25) is 5.91 Å². The van der Waals surface area contributed by atoms with Gasteiger partial charge in [0.05, 0.1) is 5.56 Å². The second-order valence-electron chi connectivity index (χ2n) is 6.01. The number of carbonyl (C=O) groups excluding carboxylic acids is 3. The lowest BCUT2D eigenvalue weighted by Crippen LogP contribution is -2.48. The van der Waals surface area contributed by atoms with Gasteiger partial charge in [-0.25, -0.2) is 13.6 Å². The lowest BCUT2D eigenvalue weighted by Gasteiger charge is -2.36. The SMILES string of the molecule is CN1C(=O)CN(C2CCN(C(=O)c3ccc(F)cc3F)CC2)C1=O. The van der Waals surface area contributed by atoms with E-state index in [1.54, 1.807) is 0 Å². The van der Waals surface area contributed by atoms with Crippen LogP contribution in [0.2, 0.25) is 0 Å². The minimum atomic E-state index is -0.885. The van der Waals surface area contributed by atoms with E-state index in [-0.39, 0.29) is 30.1 Å². The standard InChI is InChI=1S/C16H17F2N3O3/c1-19-14(22)9-21(16(19)24)11-4-6-20(7-5-11)15(23)12-3-2-10(17)8-13(12)18/h2-3,8,11H,4-7,9H2,1H3. The third-order valence-corrected chi connectivity index (χ3v) is 4.57. The van der Waals surface area contributed by atoms with Crippen molar-refractivity contribution in [3.05, 3.63) is 35.4 Å². The van der Waals surface area contributed by atoms with Crippen LogP contribution in [-0.2, 0) is 4.79 Å². The van der Waals surface area contributed by atoms with Gasteiger partial charge in [0, 0.05) is 32.2 Å². The number of hydrogen-bond acceptors (Lipinski definition) is 3. The molecule has 0 radical (unpaired) electrons. The molecule has 0 atom stereocenters. The highest BCUT2D eigenvalue weighted by Crippen LogP contribution is 2.23. The van der Waals surface area contributed by atoms with Gasteiger partial charge in [-0.2, -0.15) is 0 Å². The molecule has 0 saturated carbocycles. The van der Waals surface area contributed by atoms with Crippen LogP contribution in [0.1, 0.15) is 23.2 Å². The van der Waals surface area contributed by atoms with E-state index >= 15 is 0 Å². The largest absolute Gasteiger partial charge is 0.338 e. The Labute approximate surface area is 137 Å². The number of amides is 4. The van der Waals surface area contributed by atoms with Crippen molar-refractivity contribution in [1.29, 1.82) is 0 Å². The van der Waals surface area contributed by atoms with E-state index in [2.05, 4.69) is 0 Å². The molecule has 0 unspecified atom stereocenters. The van der Waals surface area contributed by atoms with Gasteiger partial charge in [0.25, 0.3) is 5.91 Å². The maximum atomic E-state index is 13.7. The Morgan fingerprint density at radius 1 is 1.17 bits per heavy atom. The third kappa shape index (κ3) is 2.83. The molecule has 1 aromatic carbocycles. The van der Waals surface area contributed by atoms with E-state index in [1.165, 1.54) is 16.8 Å². The number of likely N-dealkylation sites (tertiary alicyclic amines) is 1. The number of nitrogens with zero attached hydrogens (tertiary/aromatic N) is 3. The predicted molar refractivity (Wildman–Crippen MR) is 80.2 cm³/mol. The molecule has 8 heteroatoms. The van der Waals surface area contributed by atoms with E-state index in [9.17, 15) is 23.2 Å². The first-order chi connectivity index (χ1) is 11.4. The van der Waals surface area contributed by atoms with Crippen LogP contribution in [0.5, 0.6) is 0 Å². The van der Waals surface area contributed by atoms with Gasteiger partial charge in [-0.15, -0.1) is 0 Å². The first-order valence-corrected chi connectivity index (χ1v) is 7.70. The molecule has 3 rings (SSSR count). The Balaban J connectivity index is 1.64. The van der Waals surface area contributed by atoms with E-state index in [1.807, 2.05) is 0 Å². The zero-order chi connectivity index (χ0) is 17.4. The van der Waals surface area contributed by atoms with Crippen molar-refractivity contribution in [3.63, 3.8) is 0 Å². The molecule has 2 heterocycles. The van der Waals surface area contributed by atoms with Crippen molar-refractivity contribution in [1.82, 2.24) is 14.7 Å². The number of urea groups is 1. The first-order valence-electron chi connectivity index (χ1n) is 7.70. The van der Waals surface area contributed by atoms with Gasteiger partial charge in [0.1, 0.15) is 18.2 Å². The van der Waals surface area contributed by atoms with Gasteiger partial charge >= 0.3 is 6.03 Å². The van der Waals surface area contributed by atoms with Crippen LogP contribution in [0.4, 0.5) is 13.6 Å². The topological polar surface area (TPSA) is 60.9 Å². The molecule has 24 heavy (non-hydrogen) atoms. The quantitative estimate of drug-likeness (QED) is 0.768. The van der Waals surface area contributed by atoms with Gasteiger partial charge in [-0.1, -0.05) is 0 Å². The summed E-state index contributed by atoms with van der Waals surface area (Å²) in [5.74, 6) is -2.35. The summed E-state index contributed by atoms with van der Waals surface area (Å²) in [5, 5.41) is 0. The van der Waals surface area contributed by atoms with E-state index in [4.69, 9.17) is 0 Å². The van der Waals surface area contributed by atoms with Crippen LogP contribution in [0.15, 0.2) is 18.2 Å². The second kappa shape index (κ2) is 6.18. The molecular weight excluding hydrogens is 320 g/mol. The van der Waals surface area contributed by atoms with Gasteiger partial charge < -0.3 is 9.80 Å². The first kappa shape index (κ1) is 16.4. The average molecular weight is 337 g/mol. The molecule has 4 amide bonds. The van der Waals surface area contributed by atoms with E-state index < -0.39 is 17.5 Å². The Morgan fingerprint density at radius 3 is 2.38 bits per heavy atom. The molecule has 0 N–H and O–H groups in total. The van der Waals surface area contributed by atoms with Crippen LogP contribution in [0.3, 0.4) is 0 Å². The highest BCUT2D eigenvalue weighted by molar-refractivity contribution is 6.01. The highest BCUT2D eigenvalue weighted by Gasteiger charge is 2.39. The van der Waals surface area contributed by atoms with Crippen molar-refractivity contribution >= 4 is 17.8 Å². The van der Waals surface area contributed by atoms with Crippen molar-refractivity contribution in [2.24, 2.45) is 0 Å². The van der Waals surface area contributed by atoms with Crippen molar-refractivity contribution in [2.45, 2.75) is 18.9 Å². The van der Waals surface area contributed by atoms with Crippen LogP contribution >= 0.6 is 0 Å². The highest BCUT2D eigenvalue weighted by atomic mass is 19.1. The summed E-state index contributed by atoms with van der Waals surface area (Å²) < 4.78 is 26.7. The van der Waals surface area contributed by atoms with Crippen LogP contribution in [0.25, 0.3) is 0 Å². The Bertz CT molecular complexity index is 702. The van der Waals surface area contributed by atoms with Crippen molar-refractivity contribution < 1.29 is 23.2 Å². The van der Waals surface area contributed by atoms with Crippen molar-refractivity contribution in [3.8, 4) is 0 Å². The molecule has 1 aromatic rings. The molecule has 0 aromatic heterocycles. The molecule has 128 valence electrons. The number of rotatable bonds is 2. The monoisotopic (exact) mass is 337 g/mol. The summed E-state index contributed by atoms with van der Waals surface area (Å²) >= 11 is 0. The number of piperidine rings is 1. The Hall–Kier alpha value is -2.51. The van der Waals surface area contributed by atoms with Crippen LogP contribution in [-0.4, -0.2) is 65.3 Å². The Morgan fingerprint density at radius 2 is 1.83 bits per heavy atom. The zero-order valence-corrected chi connectivity index (χ0v) is 13.2. The molecule has 0 aliphatic carbocycles. The molecule has 0 spiro atoms. The number of hydrogen-bond donors (Lipinski definition) is 0. The maximum Gasteiger partial charge on any atom is 0.327 e. The number of benzene rings is 1. The summed E-state index contributed by atoms with van der Waals surface area (Å²) in [6.07, 6.45) is 1.03. The fourth-order valence-corrected chi connectivity index (χ4v) is 3.12. The summed E-state index contributed by atoms with van der Waals surface area (Å²) in [6, 6.07) is 2.43. The molecule has 2 aliphatic heterocycles. The van der Waals surface area contributed by atoms with E-state index in [0.29, 0.717) is 32.0 Å². The normalized spacial score (nSPS) is 19.4. The summed E-state index contributed by atoms with van der Waals surface area (Å²) in [6.45, 7) is 0.755. The molecular formula is C16H17F2N3O3. The minimum Gasteiger partial charge on any atom is -0.338 e. The van der Waals surface area contributed by atoms with Gasteiger partial charge in [0.15, 0.2) is 0 Å². The van der Waals surface area contributed by atoms with Gasteiger partial charge in [-0.05, 0) is 25.0 Å². The number of carbonyl (C=O) groups is 3. The third-order valence-electron chi connectivity index (χ3n) is 4.57. The fourth-order valence-electron chi connectivity index (χ4n) is 3.12. The maximum absolute atomic E-state index is 13.7. The summed E-state index contributed by atoms with van der Waals surface area (Å²) in [5.41, 5.74) is -0.165. The Kier molecular flexibility index (Phi) is 4.21. The fraction of sp³-hybridized carbons (Fsp3) is 0.438. The number of imide groups is 1. The minimum absolute atomic E-state index is 0.0561. The molecule has 2 saturated heterocycles. The average Bonchev–Trinajstić information content (AvgIpc) is 2.82. The lowest BCUT2D eigenvalue weighted by atomic mass is 10.0. The van der Waals surface area contributed by atoms with Crippen LogP contribution < -0.4 is 0 Å². The second-order valence-corrected chi connectivity index (χ2v) is 6.01.